The standard InChI is InChI=1S/C29H33N7O3S/c1-29(2,3)24-12-11-23(40-24)26(38)32-22-6-4-5-20(21(22)17-37)25-33-27(30)35-28(34-25)31-18-7-9-19(10-8-18)36-13-15-39-16-14-36/h4-12,37H,13-17H2,1-3H3,(H,32,38)(H3,30,31,33,34,35). The number of ether oxygens (including phenoxy) is 1. The van der Waals surface area contributed by atoms with Crippen LogP contribution in [0.2, 0.25) is 0 Å². The zero-order valence-corrected chi connectivity index (χ0v) is 23.6. The highest BCUT2D eigenvalue weighted by Gasteiger charge is 2.20. The summed E-state index contributed by atoms with van der Waals surface area (Å²) in [4.78, 5) is 30.1. The smallest absolute Gasteiger partial charge is 0.265 e. The second-order valence-corrected chi connectivity index (χ2v) is 11.6. The lowest BCUT2D eigenvalue weighted by atomic mass is 9.95. The highest BCUT2D eigenvalue weighted by molar-refractivity contribution is 7.14. The summed E-state index contributed by atoms with van der Waals surface area (Å²) in [6.07, 6.45) is 0. The fourth-order valence-corrected chi connectivity index (χ4v) is 5.36. The van der Waals surface area contributed by atoms with Crippen LogP contribution < -0.4 is 21.3 Å². The summed E-state index contributed by atoms with van der Waals surface area (Å²) >= 11 is 1.45. The highest BCUT2D eigenvalue weighted by Crippen LogP contribution is 2.32. The van der Waals surface area contributed by atoms with E-state index in [1.165, 1.54) is 11.3 Å². The third kappa shape index (κ3) is 6.22. The molecule has 1 aliphatic heterocycles. The van der Waals surface area contributed by atoms with E-state index in [0.29, 0.717) is 21.7 Å². The molecule has 40 heavy (non-hydrogen) atoms. The number of nitrogens with zero attached hydrogens (tertiary/aromatic N) is 4. The molecular weight excluding hydrogens is 526 g/mol. The fraction of sp³-hybridized carbons (Fsp3) is 0.310. The summed E-state index contributed by atoms with van der Waals surface area (Å²) in [5.74, 6) is 0.342. The van der Waals surface area contributed by atoms with Gasteiger partial charge in [0, 0.05) is 46.2 Å². The molecule has 5 rings (SSSR count). The van der Waals surface area contributed by atoms with Gasteiger partial charge in [-0.1, -0.05) is 32.9 Å². The maximum atomic E-state index is 13.0. The Morgan fingerprint density at radius 1 is 1.05 bits per heavy atom. The van der Waals surface area contributed by atoms with Crippen LogP contribution in [0.1, 0.15) is 40.9 Å². The predicted octanol–water partition coefficient (Wildman–Crippen LogP) is 4.80. The maximum absolute atomic E-state index is 13.0. The van der Waals surface area contributed by atoms with E-state index in [1.54, 1.807) is 18.2 Å². The molecule has 4 aromatic rings. The Morgan fingerprint density at radius 3 is 2.48 bits per heavy atom. The number of nitrogens with one attached hydrogen (secondary N) is 2. The number of thiophene rings is 1. The molecule has 1 amide bonds. The first kappa shape index (κ1) is 27.5. The fourth-order valence-electron chi connectivity index (χ4n) is 4.41. The Labute approximate surface area is 237 Å². The normalized spacial score (nSPS) is 13.8. The summed E-state index contributed by atoms with van der Waals surface area (Å²) in [5, 5.41) is 16.4. The molecule has 1 fully saturated rings. The van der Waals surface area contributed by atoms with Crippen LogP contribution in [0.15, 0.2) is 54.6 Å². The van der Waals surface area contributed by atoms with E-state index in [4.69, 9.17) is 10.5 Å². The minimum atomic E-state index is -0.333. The van der Waals surface area contributed by atoms with Gasteiger partial charge in [0.25, 0.3) is 5.91 Å². The van der Waals surface area contributed by atoms with Crippen molar-refractivity contribution >= 4 is 46.2 Å². The number of morpholine rings is 1. The monoisotopic (exact) mass is 559 g/mol. The van der Waals surface area contributed by atoms with Crippen LogP contribution in [-0.2, 0) is 16.8 Å². The summed E-state index contributed by atoms with van der Waals surface area (Å²) < 4.78 is 5.43. The number of nitrogens with two attached hydrogens (primary N) is 1. The van der Waals surface area contributed by atoms with E-state index in [0.717, 1.165) is 42.6 Å². The molecular formula is C29H33N7O3S. The van der Waals surface area contributed by atoms with Gasteiger partial charge in [0.2, 0.25) is 11.9 Å². The van der Waals surface area contributed by atoms with Crippen molar-refractivity contribution in [2.75, 3.05) is 47.6 Å². The molecule has 1 saturated heterocycles. The number of carbonyl (C=O) groups excluding carboxylic acids is 1. The van der Waals surface area contributed by atoms with Gasteiger partial charge < -0.3 is 31.1 Å². The van der Waals surface area contributed by atoms with Crippen LogP contribution >= 0.6 is 11.3 Å². The van der Waals surface area contributed by atoms with Crippen LogP contribution in [0.25, 0.3) is 11.4 Å². The molecule has 208 valence electrons. The summed E-state index contributed by atoms with van der Waals surface area (Å²) in [5.41, 5.74) is 9.41. The SMILES string of the molecule is CC(C)(C)c1ccc(C(=O)Nc2cccc(-c3nc(N)nc(Nc4ccc(N5CCOCC5)cc4)n3)c2CO)s1. The van der Waals surface area contributed by atoms with E-state index >= 15 is 0 Å². The maximum Gasteiger partial charge on any atom is 0.265 e. The number of benzene rings is 2. The molecule has 11 heteroatoms. The molecule has 0 aliphatic carbocycles. The number of nitrogen functional groups attached to an aromatic ring is 1. The van der Waals surface area contributed by atoms with Crippen LogP contribution in [0, 0.1) is 0 Å². The van der Waals surface area contributed by atoms with Crippen molar-refractivity contribution in [1.29, 1.82) is 0 Å². The predicted molar refractivity (Wildman–Crippen MR) is 159 cm³/mol. The molecule has 0 radical (unpaired) electrons. The first-order valence-electron chi connectivity index (χ1n) is 13.1. The van der Waals surface area contributed by atoms with Crippen LogP contribution in [-0.4, -0.2) is 52.3 Å². The number of hydrogen-bond acceptors (Lipinski definition) is 10. The lowest BCUT2D eigenvalue weighted by molar-refractivity contribution is 0.103. The number of hydrogen-bond donors (Lipinski definition) is 4. The molecule has 0 atom stereocenters. The molecule has 3 heterocycles. The number of amides is 1. The zero-order chi connectivity index (χ0) is 28.3. The van der Waals surface area contributed by atoms with E-state index in [9.17, 15) is 9.90 Å². The van der Waals surface area contributed by atoms with Gasteiger partial charge >= 0.3 is 0 Å². The second kappa shape index (κ2) is 11.6. The minimum Gasteiger partial charge on any atom is -0.392 e. The zero-order valence-electron chi connectivity index (χ0n) is 22.8. The lowest BCUT2D eigenvalue weighted by Crippen LogP contribution is -2.36. The summed E-state index contributed by atoms with van der Waals surface area (Å²) in [6.45, 7) is 9.16. The van der Waals surface area contributed by atoms with Crippen LogP contribution in [0.3, 0.4) is 0 Å². The molecule has 5 N–H and O–H groups in total. The molecule has 2 aromatic heterocycles. The van der Waals surface area contributed by atoms with Crippen LogP contribution in [0.5, 0.6) is 0 Å². The van der Waals surface area contributed by atoms with Crippen molar-refractivity contribution < 1.29 is 14.6 Å². The second-order valence-electron chi connectivity index (χ2n) is 10.5. The Bertz CT molecular complexity index is 1490. The van der Waals surface area contributed by atoms with Crippen molar-refractivity contribution in [2.45, 2.75) is 32.8 Å². The number of rotatable bonds is 7. The lowest BCUT2D eigenvalue weighted by Gasteiger charge is -2.28. The van der Waals surface area contributed by atoms with Gasteiger partial charge in [0.15, 0.2) is 5.82 Å². The first-order chi connectivity index (χ1) is 19.2. The van der Waals surface area contributed by atoms with Crippen molar-refractivity contribution in [3.05, 3.63) is 69.9 Å². The van der Waals surface area contributed by atoms with Gasteiger partial charge in [-0.2, -0.15) is 15.0 Å². The van der Waals surface area contributed by atoms with Gasteiger partial charge in [-0.3, -0.25) is 4.79 Å². The molecule has 0 saturated carbocycles. The van der Waals surface area contributed by atoms with Crippen molar-refractivity contribution in [1.82, 2.24) is 15.0 Å². The van der Waals surface area contributed by atoms with Gasteiger partial charge in [-0.15, -0.1) is 11.3 Å². The molecule has 0 spiro atoms. The van der Waals surface area contributed by atoms with Gasteiger partial charge in [-0.25, -0.2) is 0 Å². The third-order valence-electron chi connectivity index (χ3n) is 6.54. The molecule has 1 aliphatic rings. The Kier molecular flexibility index (Phi) is 7.97. The number of carbonyl (C=O) groups is 1. The van der Waals surface area contributed by atoms with Gasteiger partial charge in [0.1, 0.15) is 0 Å². The molecule has 2 aromatic carbocycles. The number of aromatic nitrogens is 3. The Morgan fingerprint density at radius 2 is 1.80 bits per heavy atom. The van der Waals surface area contributed by atoms with E-state index < -0.39 is 0 Å². The Hall–Kier alpha value is -4.06. The average molecular weight is 560 g/mol. The van der Waals surface area contributed by atoms with E-state index in [-0.39, 0.29) is 35.7 Å². The summed E-state index contributed by atoms with van der Waals surface area (Å²) in [7, 11) is 0. The number of aliphatic hydroxyl groups is 1. The van der Waals surface area contributed by atoms with E-state index in [1.807, 2.05) is 36.4 Å². The van der Waals surface area contributed by atoms with Crippen molar-refractivity contribution in [3.63, 3.8) is 0 Å². The Balaban J connectivity index is 1.37. The first-order valence-corrected chi connectivity index (χ1v) is 13.9. The van der Waals surface area contributed by atoms with Crippen molar-refractivity contribution in [3.8, 4) is 11.4 Å². The van der Waals surface area contributed by atoms with Gasteiger partial charge in [-0.05, 0) is 47.9 Å². The number of anilines is 5. The highest BCUT2D eigenvalue weighted by atomic mass is 32.1. The number of aliphatic hydroxyl groups excluding tert-OH is 1. The van der Waals surface area contributed by atoms with E-state index in [2.05, 4.69) is 51.3 Å². The average Bonchev–Trinajstić information content (AvgIpc) is 3.45. The molecule has 10 nitrogen and oxygen atoms in total. The quantitative estimate of drug-likeness (QED) is 0.251. The summed E-state index contributed by atoms with van der Waals surface area (Å²) in [6, 6.07) is 17.1. The minimum absolute atomic E-state index is 0.0315. The van der Waals surface area contributed by atoms with Gasteiger partial charge in [0.05, 0.1) is 24.7 Å². The van der Waals surface area contributed by atoms with Crippen LogP contribution in [0.4, 0.5) is 29.0 Å². The molecule has 0 bridgehead atoms. The van der Waals surface area contributed by atoms with Crippen molar-refractivity contribution in [2.24, 2.45) is 0 Å². The third-order valence-corrected chi connectivity index (χ3v) is 8.05. The molecule has 0 unspecified atom stereocenters. The topological polar surface area (TPSA) is 139 Å². The largest absolute Gasteiger partial charge is 0.392 e.